The first-order valence-electron chi connectivity index (χ1n) is 12.4. The molecule has 2 heterocycles. The van der Waals surface area contributed by atoms with Gasteiger partial charge in [0.05, 0.1) is 25.2 Å². The van der Waals surface area contributed by atoms with Crippen molar-refractivity contribution >= 4 is 17.7 Å². The Morgan fingerprint density at radius 3 is 2.64 bits per heavy atom. The average molecular weight is 497 g/mol. The largest absolute Gasteiger partial charge is 0.493 e. The summed E-state index contributed by atoms with van der Waals surface area (Å²) in [6, 6.07) is 13.7. The number of para-hydroxylation sites is 1. The van der Waals surface area contributed by atoms with Crippen molar-refractivity contribution in [3.8, 4) is 5.75 Å². The third-order valence-corrected chi connectivity index (χ3v) is 7.21. The van der Waals surface area contributed by atoms with Gasteiger partial charge in [0, 0.05) is 44.5 Å². The van der Waals surface area contributed by atoms with E-state index in [4.69, 9.17) is 9.47 Å². The molecule has 0 radical (unpaired) electrons. The SMILES string of the molecule is COCCN1C(=O)CC(CC(=O)N2CCCC(COc3ccccc3C)C2)(c2ccccc2F)C1=O. The number of aryl methyl sites for hydroxylation is 1. The molecule has 3 amide bonds. The molecule has 0 saturated carbocycles. The fourth-order valence-electron chi connectivity index (χ4n) is 5.23. The fraction of sp³-hybridized carbons (Fsp3) is 0.464. The summed E-state index contributed by atoms with van der Waals surface area (Å²) in [6.45, 7) is 3.77. The zero-order valence-corrected chi connectivity index (χ0v) is 20.9. The summed E-state index contributed by atoms with van der Waals surface area (Å²) in [4.78, 5) is 42.8. The molecule has 36 heavy (non-hydrogen) atoms. The molecule has 0 aliphatic carbocycles. The third-order valence-electron chi connectivity index (χ3n) is 7.21. The van der Waals surface area contributed by atoms with Gasteiger partial charge in [-0.3, -0.25) is 19.3 Å². The van der Waals surface area contributed by atoms with Gasteiger partial charge in [0.15, 0.2) is 0 Å². The summed E-state index contributed by atoms with van der Waals surface area (Å²) < 4.78 is 26.0. The number of carbonyl (C=O) groups excluding carboxylic acids is 3. The predicted molar refractivity (Wildman–Crippen MR) is 132 cm³/mol. The molecule has 7 nitrogen and oxygen atoms in total. The van der Waals surface area contributed by atoms with Gasteiger partial charge in [-0.05, 0) is 37.5 Å². The van der Waals surface area contributed by atoms with Crippen LogP contribution in [0.15, 0.2) is 48.5 Å². The Hall–Kier alpha value is -3.26. The van der Waals surface area contributed by atoms with E-state index in [2.05, 4.69) is 0 Å². The smallest absolute Gasteiger partial charge is 0.241 e. The van der Waals surface area contributed by atoms with E-state index in [9.17, 15) is 18.8 Å². The predicted octanol–water partition coefficient (Wildman–Crippen LogP) is 3.48. The van der Waals surface area contributed by atoms with Gasteiger partial charge < -0.3 is 14.4 Å². The summed E-state index contributed by atoms with van der Waals surface area (Å²) in [7, 11) is 1.48. The van der Waals surface area contributed by atoms with Crippen LogP contribution in [-0.2, 0) is 24.5 Å². The molecule has 0 aromatic heterocycles. The summed E-state index contributed by atoms with van der Waals surface area (Å²) in [6.07, 6.45) is 1.24. The van der Waals surface area contributed by atoms with Crippen molar-refractivity contribution in [2.45, 2.75) is 38.0 Å². The first-order chi connectivity index (χ1) is 17.4. The third kappa shape index (κ3) is 5.28. The molecule has 192 valence electrons. The van der Waals surface area contributed by atoms with Crippen LogP contribution in [0, 0.1) is 18.7 Å². The molecule has 2 saturated heterocycles. The number of hydrogen-bond donors (Lipinski definition) is 0. The van der Waals surface area contributed by atoms with E-state index in [0.717, 1.165) is 29.1 Å². The van der Waals surface area contributed by atoms with E-state index >= 15 is 0 Å². The van der Waals surface area contributed by atoms with Gasteiger partial charge in [-0.25, -0.2) is 4.39 Å². The maximum absolute atomic E-state index is 15.0. The quantitative estimate of drug-likeness (QED) is 0.497. The van der Waals surface area contributed by atoms with Gasteiger partial charge >= 0.3 is 0 Å². The van der Waals surface area contributed by atoms with Crippen molar-refractivity contribution in [2.75, 3.05) is 40.0 Å². The van der Waals surface area contributed by atoms with Crippen molar-refractivity contribution < 1.29 is 28.2 Å². The van der Waals surface area contributed by atoms with Crippen LogP contribution in [0.3, 0.4) is 0 Å². The molecule has 4 rings (SSSR count). The van der Waals surface area contributed by atoms with E-state index in [0.29, 0.717) is 19.7 Å². The lowest BCUT2D eigenvalue weighted by Crippen LogP contribution is -2.47. The Morgan fingerprint density at radius 1 is 1.14 bits per heavy atom. The van der Waals surface area contributed by atoms with Crippen molar-refractivity contribution in [2.24, 2.45) is 5.92 Å². The molecule has 2 atom stereocenters. The number of halogens is 1. The zero-order valence-electron chi connectivity index (χ0n) is 20.9. The number of likely N-dealkylation sites (tertiary alicyclic amines) is 2. The lowest BCUT2D eigenvalue weighted by molar-refractivity contribution is -0.143. The monoisotopic (exact) mass is 496 g/mol. The normalized spacial score (nSPS) is 22.2. The van der Waals surface area contributed by atoms with E-state index < -0.39 is 23.0 Å². The molecule has 0 spiro atoms. The summed E-state index contributed by atoms with van der Waals surface area (Å²) in [5, 5.41) is 0. The zero-order chi connectivity index (χ0) is 25.7. The topological polar surface area (TPSA) is 76.2 Å². The number of ether oxygens (including phenoxy) is 2. The van der Waals surface area contributed by atoms with E-state index in [-0.39, 0.29) is 43.4 Å². The second-order valence-corrected chi connectivity index (χ2v) is 9.68. The second kappa shape index (κ2) is 11.2. The summed E-state index contributed by atoms with van der Waals surface area (Å²) in [5.41, 5.74) is -0.415. The van der Waals surface area contributed by atoms with E-state index in [1.807, 2.05) is 31.2 Å². The lowest BCUT2D eigenvalue weighted by Gasteiger charge is -2.35. The minimum absolute atomic E-state index is 0.0700. The van der Waals surface area contributed by atoms with Gasteiger partial charge in [0.2, 0.25) is 17.7 Å². The maximum Gasteiger partial charge on any atom is 0.241 e. The first kappa shape index (κ1) is 25.8. The molecule has 2 aliphatic heterocycles. The molecule has 2 aliphatic rings. The minimum atomic E-state index is -1.56. The van der Waals surface area contributed by atoms with Crippen LogP contribution in [0.1, 0.15) is 36.8 Å². The molecule has 0 N–H and O–H groups in total. The Bertz CT molecular complexity index is 1120. The average Bonchev–Trinajstić information content (AvgIpc) is 3.11. The maximum atomic E-state index is 15.0. The van der Waals surface area contributed by atoms with Crippen LogP contribution in [0.4, 0.5) is 4.39 Å². The Morgan fingerprint density at radius 2 is 1.89 bits per heavy atom. The fourth-order valence-corrected chi connectivity index (χ4v) is 5.23. The molecule has 2 aromatic rings. The standard InChI is InChI=1S/C28H33FN2O5/c1-20-8-3-6-12-24(20)36-19-21-9-7-13-30(18-21)25(32)16-28(22-10-4-5-11-23(22)29)17-26(33)31(27(28)34)14-15-35-2/h3-6,8,10-12,21H,7,9,13-19H2,1-2H3. The van der Waals surface area contributed by atoms with Crippen LogP contribution in [-0.4, -0.2) is 67.5 Å². The molecule has 2 aromatic carbocycles. The number of amides is 3. The minimum Gasteiger partial charge on any atom is -0.493 e. The highest BCUT2D eigenvalue weighted by molar-refractivity contribution is 6.10. The highest BCUT2D eigenvalue weighted by atomic mass is 19.1. The lowest BCUT2D eigenvalue weighted by atomic mass is 9.75. The number of carbonyl (C=O) groups is 3. The Balaban J connectivity index is 1.51. The van der Waals surface area contributed by atoms with Gasteiger partial charge in [-0.2, -0.15) is 0 Å². The van der Waals surface area contributed by atoms with Crippen molar-refractivity contribution in [3.63, 3.8) is 0 Å². The number of rotatable bonds is 9. The number of imide groups is 1. The highest BCUT2D eigenvalue weighted by Gasteiger charge is 2.55. The van der Waals surface area contributed by atoms with Gasteiger partial charge in [0.25, 0.3) is 0 Å². The number of benzene rings is 2. The first-order valence-corrected chi connectivity index (χ1v) is 12.4. The van der Waals surface area contributed by atoms with Gasteiger partial charge in [-0.15, -0.1) is 0 Å². The van der Waals surface area contributed by atoms with Crippen molar-refractivity contribution in [3.05, 3.63) is 65.5 Å². The van der Waals surface area contributed by atoms with Crippen LogP contribution < -0.4 is 4.74 Å². The highest BCUT2D eigenvalue weighted by Crippen LogP contribution is 2.41. The number of nitrogens with zero attached hydrogens (tertiary/aromatic N) is 2. The molecule has 2 fully saturated rings. The van der Waals surface area contributed by atoms with Crippen LogP contribution in [0.2, 0.25) is 0 Å². The second-order valence-electron chi connectivity index (χ2n) is 9.68. The summed E-state index contributed by atoms with van der Waals surface area (Å²) >= 11 is 0. The van der Waals surface area contributed by atoms with E-state index in [1.54, 1.807) is 11.0 Å². The molecule has 2 unspecified atom stereocenters. The Kier molecular flexibility index (Phi) is 8.04. The molecular formula is C28H33FN2O5. The Labute approximate surface area is 211 Å². The number of hydrogen-bond acceptors (Lipinski definition) is 5. The van der Waals surface area contributed by atoms with Crippen LogP contribution in [0.5, 0.6) is 5.75 Å². The molecule has 8 heteroatoms. The van der Waals surface area contributed by atoms with Gasteiger partial charge in [-0.1, -0.05) is 36.4 Å². The van der Waals surface area contributed by atoms with Crippen LogP contribution in [0.25, 0.3) is 0 Å². The number of methoxy groups -OCH3 is 1. The number of piperidine rings is 1. The van der Waals surface area contributed by atoms with Crippen LogP contribution >= 0.6 is 0 Å². The molecular weight excluding hydrogens is 463 g/mol. The van der Waals surface area contributed by atoms with Gasteiger partial charge in [0.1, 0.15) is 11.6 Å². The summed E-state index contributed by atoms with van der Waals surface area (Å²) in [5.74, 6) is -0.844. The van der Waals surface area contributed by atoms with Crippen molar-refractivity contribution in [1.29, 1.82) is 0 Å². The molecule has 0 bridgehead atoms. The van der Waals surface area contributed by atoms with Crippen molar-refractivity contribution in [1.82, 2.24) is 9.80 Å². The van der Waals surface area contributed by atoms with E-state index in [1.165, 1.54) is 25.3 Å².